The molecule has 1 heterocycles. The van der Waals surface area contributed by atoms with Crippen LogP contribution in [0, 0.1) is 0 Å². The lowest BCUT2D eigenvalue weighted by molar-refractivity contribution is 0.340. The molecule has 18 heavy (non-hydrogen) atoms. The van der Waals surface area contributed by atoms with Gasteiger partial charge in [0.2, 0.25) is 0 Å². The highest BCUT2D eigenvalue weighted by atomic mass is 32.1. The Balaban J connectivity index is 2.03. The lowest BCUT2D eigenvalue weighted by Crippen LogP contribution is -2.13. The van der Waals surface area contributed by atoms with E-state index >= 15 is 0 Å². The van der Waals surface area contributed by atoms with Gasteiger partial charge in [0.25, 0.3) is 0 Å². The van der Waals surface area contributed by atoms with Crippen molar-refractivity contribution in [1.82, 2.24) is 0 Å². The van der Waals surface area contributed by atoms with E-state index in [0.717, 1.165) is 12.2 Å². The molecule has 0 aliphatic rings. The van der Waals surface area contributed by atoms with Crippen LogP contribution >= 0.6 is 11.3 Å². The van der Waals surface area contributed by atoms with Crippen molar-refractivity contribution >= 4 is 11.3 Å². The van der Waals surface area contributed by atoms with Crippen molar-refractivity contribution in [3.63, 3.8) is 0 Å². The first kappa shape index (κ1) is 13.1. The molecule has 96 valence electrons. The Morgan fingerprint density at radius 2 is 2.00 bits per heavy atom. The van der Waals surface area contributed by atoms with Crippen LogP contribution in [0.15, 0.2) is 41.8 Å². The maximum Gasteiger partial charge on any atom is 0.119 e. The highest BCUT2D eigenvalue weighted by Gasteiger charge is 2.11. The van der Waals surface area contributed by atoms with Gasteiger partial charge in [-0.1, -0.05) is 18.2 Å². The first-order valence-electron chi connectivity index (χ1n) is 6.28. The zero-order valence-electron chi connectivity index (χ0n) is 10.6. The summed E-state index contributed by atoms with van der Waals surface area (Å²) < 4.78 is 5.44. The van der Waals surface area contributed by atoms with E-state index in [4.69, 9.17) is 10.5 Å². The lowest BCUT2D eigenvalue weighted by atomic mass is 9.98. The molecule has 1 atom stereocenters. The number of nitrogens with two attached hydrogens (primary N) is 1. The van der Waals surface area contributed by atoms with Gasteiger partial charge in [0.15, 0.2) is 0 Å². The molecule has 0 aliphatic carbocycles. The van der Waals surface area contributed by atoms with E-state index < -0.39 is 0 Å². The van der Waals surface area contributed by atoms with Gasteiger partial charge in [-0.05, 0) is 42.5 Å². The normalized spacial score (nSPS) is 12.3. The summed E-state index contributed by atoms with van der Waals surface area (Å²) in [5.74, 6) is 1.35. The molecule has 0 aliphatic heterocycles. The number of hydrogen-bond donors (Lipinski definition) is 1. The molecule has 0 saturated heterocycles. The summed E-state index contributed by atoms with van der Waals surface area (Å²) in [6.07, 6.45) is 0.990. The van der Waals surface area contributed by atoms with Gasteiger partial charge in [0, 0.05) is 17.3 Å². The fraction of sp³-hybridized carbons (Fsp3) is 0.333. The Morgan fingerprint density at radius 1 is 1.22 bits per heavy atom. The largest absolute Gasteiger partial charge is 0.494 e. The summed E-state index contributed by atoms with van der Waals surface area (Å²) >= 11 is 1.78. The fourth-order valence-electron chi connectivity index (χ4n) is 2.00. The quantitative estimate of drug-likeness (QED) is 0.864. The summed E-state index contributed by atoms with van der Waals surface area (Å²) in [7, 11) is 0. The number of thiophene rings is 1. The minimum atomic E-state index is 0.419. The second-order valence-electron chi connectivity index (χ2n) is 4.23. The molecule has 0 fully saturated rings. The first-order valence-corrected chi connectivity index (χ1v) is 7.16. The SMILES string of the molecule is CCOc1ccc(CC(CN)c2cccs2)cc1. The van der Waals surface area contributed by atoms with Crippen LogP contribution in [0.2, 0.25) is 0 Å². The highest BCUT2D eigenvalue weighted by Crippen LogP contribution is 2.25. The van der Waals surface area contributed by atoms with E-state index in [1.807, 2.05) is 19.1 Å². The molecule has 0 spiro atoms. The molecule has 0 amide bonds. The van der Waals surface area contributed by atoms with Crippen LogP contribution in [0.5, 0.6) is 5.75 Å². The van der Waals surface area contributed by atoms with Crippen molar-refractivity contribution in [2.75, 3.05) is 13.2 Å². The molecule has 2 N–H and O–H groups in total. The van der Waals surface area contributed by atoms with Crippen molar-refractivity contribution in [3.8, 4) is 5.75 Å². The Labute approximate surface area is 112 Å². The van der Waals surface area contributed by atoms with Gasteiger partial charge in [0.05, 0.1) is 6.61 Å². The molecule has 0 saturated carbocycles. The third kappa shape index (κ3) is 3.34. The van der Waals surface area contributed by atoms with Crippen molar-refractivity contribution in [2.45, 2.75) is 19.3 Å². The maximum absolute atomic E-state index is 5.87. The van der Waals surface area contributed by atoms with Crippen LogP contribution < -0.4 is 10.5 Å². The van der Waals surface area contributed by atoms with Gasteiger partial charge in [-0.3, -0.25) is 0 Å². The van der Waals surface area contributed by atoms with Crippen molar-refractivity contribution in [3.05, 3.63) is 52.2 Å². The van der Waals surface area contributed by atoms with E-state index in [1.165, 1.54) is 10.4 Å². The molecule has 1 unspecified atom stereocenters. The number of benzene rings is 1. The molecule has 1 aromatic carbocycles. The zero-order valence-corrected chi connectivity index (χ0v) is 11.5. The second-order valence-corrected chi connectivity index (χ2v) is 5.21. The van der Waals surface area contributed by atoms with Crippen LogP contribution in [-0.2, 0) is 6.42 Å². The monoisotopic (exact) mass is 261 g/mol. The van der Waals surface area contributed by atoms with Crippen molar-refractivity contribution in [1.29, 1.82) is 0 Å². The third-order valence-electron chi connectivity index (χ3n) is 2.95. The Bertz CT molecular complexity index is 450. The smallest absolute Gasteiger partial charge is 0.119 e. The number of ether oxygens (including phenoxy) is 1. The molecule has 2 nitrogen and oxygen atoms in total. The number of rotatable bonds is 6. The van der Waals surface area contributed by atoms with Crippen LogP contribution in [0.1, 0.15) is 23.3 Å². The van der Waals surface area contributed by atoms with E-state index in [-0.39, 0.29) is 0 Å². The van der Waals surface area contributed by atoms with Crippen molar-refractivity contribution < 1.29 is 4.74 Å². The summed E-state index contributed by atoms with van der Waals surface area (Å²) in [6.45, 7) is 3.39. The van der Waals surface area contributed by atoms with Crippen LogP contribution in [0.25, 0.3) is 0 Å². The fourth-order valence-corrected chi connectivity index (χ4v) is 2.84. The molecule has 3 heteroatoms. The third-order valence-corrected chi connectivity index (χ3v) is 3.98. The zero-order chi connectivity index (χ0) is 12.8. The number of hydrogen-bond acceptors (Lipinski definition) is 3. The predicted octanol–water partition coefficient (Wildman–Crippen LogP) is 3.43. The van der Waals surface area contributed by atoms with E-state index in [1.54, 1.807) is 11.3 Å². The molecule has 2 rings (SSSR count). The van der Waals surface area contributed by atoms with Crippen molar-refractivity contribution in [2.24, 2.45) is 5.73 Å². The molecule has 2 aromatic rings. The summed E-state index contributed by atoms with van der Waals surface area (Å²) in [5.41, 5.74) is 7.18. The summed E-state index contributed by atoms with van der Waals surface area (Å²) in [5, 5.41) is 2.11. The van der Waals surface area contributed by atoms with Gasteiger partial charge in [0.1, 0.15) is 5.75 Å². The Kier molecular flexibility index (Phi) is 4.79. The van der Waals surface area contributed by atoms with Gasteiger partial charge >= 0.3 is 0 Å². The minimum Gasteiger partial charge on any atom is -0.494 e. The van der Waals surface area contributed by atoms with Crippen LogP contribution in [0.4, 0.5) is 0 Å². The molecule has 0 radical (unpaired) electrons. The van der Waals surface area contributed by atoms with Gasteiger partial charge in [-0.2, -0.15) is 0 Å². The van der Waals surface area contributed by atoms with Crippen LogP contribution in [0.3, 0.4) is 0 Å². The predicted molar refractivity (Wildman–Crippen MR) is 77.4 cm³/mol. The molecule has 0 bridgehead atoms. The lowest BCUT2D eigenvalue weighted by Gasteiger charge is -2.13. The Hall–Kier alpha value is -1.32. The topological polar surface area (TPSA) is 35.2 Å². The molecular formula is C15H19NOS. The molecular weight excluding hydrogens is 242 g/mol. The van der Waals surface area contributed by atoms with Crippen LogP contribution in [-0.4, -0.2) is 13.2 Å². The average Bonchev–Trinajstić information content (AvgIpc) is 2.92. The average molecular weight is 261 g/mol. The highest BCUT2D eigenvalue weighted by molar-refractivity contribution is 7.10. The van der Waals surface area contributed by atoms with E-state index in [2.05, 4.69) is 29.6 Å². The van der Waals surface area contributed by atoms with E-state index in [9.17, 15) is 0 Å². The maximum atomic E-state index is 5.87. The second kappa shape index (κ2) is 6.57. The van der Waals surface area contributed by atoms with Gasteiger partial charge in [-0.25, -0.2) is 0 Å². The summed E-state index contributed by atoms with van der Waals surface area (Å²) in [4.78, 5) is 1.37. The molecule has 1 aromatic heterocycles. The van der Waals surface area contributed by atoms with E-state index in [0.29, 0.717) is 19.1 Å². The summed E-state index contributed by atoms with van der Waals surface area (Å²) in [6, 6.07) is 12.6. The standard InChI is InChI=1S/C15H19NOS/c1-2-17-14-7-5-12(6-8-14)10-13(11-16)15-4-3-9-18-15/h3-9,13H,2,10-11,16H2,1H3. The first-order chi connectivity index (χ1) is 8.83. The Morgan fingerprint density at radius 3 is 2.56 bits per heavy atom. The minimum absolute atomic E-state index is 0.419. The van der Waals surface area contributed by atoms with Gasteiger partial charge < -0.3 is 10.5 Å². The van der Waals surface area contributed by atoms with Gasteiger partial charge in [-0.15, -0.1) is 11.3 Å².